The summed E-state index contributed by atoms with van der Waals surface area (Å²) in [5.74, 6) is 0.868. The van der Waals surface area contributed by atoms with E-state index in [0.717, 1.165) is 19.0 Å². The number of sulfonamides is 1. The summed E-state index contributed by atoms with van der Waals surface area (Å²) in [6, 6.07) is 0. The van der Waals surface area contributed by atoms with E-state index in [1.165, 1.54) is 31.9 Å². The summed E-state index contributed by atoms with van der Waals surface area (Å²) in [6.45, 7) is 7.52. The number of piperidine rings is 1. The second-order valence-electron chi connectivity index (χ2n) is 6.23. The van der Waals surface area contributed by atoms with E-state index in [4.69, 9.17) is 0 Å². The van der Waals surface area contributed by atoms with Crippen molar-refractivity contribution >= 4 is 40.0 Å². The number of rotatable bonds is 6. The average Bonchev–Trinajstić information content (AvgIpc) is 2.37. The highest BCUT2D eigenvalue weighted by Gasteiger charge is 2.31. The van der Waals surface area contributed by atoms with Crippen molar-refractivity contribution in [3.8, 4) is 0 Å². The standard InChI is InChI=1S/C14H30N4O2S.HI/c1-5-7-14(2)8-6-11-18(12-14)13(15-3)16-9-10-17-21(4,19)20;/h17H,5-12H2,1-4H3,(H,15,16);1H. The fourth-order valence-corrected chi connectivity index (χ4v) is 3.52. The van der Waals surface area contributed by atoms with Crippen LogP contribution in [0.25, 0.3) is 0 Å². The molecule has 1 aliphatic heterocycles. The Kier molecular flexibility index (Phi) is 9.88. The van der Waals surface area contributed by atoms with Gasteiger partial charge in [0, 0.05) is 33.2 Å². The summed E-state index contributed by atoms with van der Waals surface area (Å²) >= 11 is 0. The Labute approximate surface area is 152 Å². The minimum atomic E-state index is -3.12. The number of nitrogens with zero attached hydrogens (tertiary/aromatic N) is 2. The lowest BCUT2D eigenvalue weighted by atomic mass is 9.78. The fraction of sp³-hybridized carbons (Fsp3) is 0.929. The lowest BCUT2D eigenvalue weighted by Gasteiger charge is -2.42. The second-order valence-corrected chi connectivity index (χ2v) is 8.06. The molecule has 1 rings (SSSR count). The van der Waals surface area contributed by atoms with E-state index in [2.05, 4.69) is 33.8 Å². The zero-order chi connectivity index (χ0) is 15.9. The number of aliphatic imine (C=N–C) groups is 1. The van der Waals surface area contributed by atoms with E-state index in [1.54, 1.807) is 7.05 Å². The summed E-state index contributed by atoms with van der Waals surface area (Å²) in [7, 11) is -1.35. The number of nitrogens with one attached hydrogen (secondary N) is 2. The average molecular weight is 446 g/mol. The van der Waals surface area contributed by atoms with E-state index in [0.29, 0.717) is 18.5 Å². The first-order chi connectivity index (χ1) is 9.79. The first-order valence-corrected chi connectivity index (χ1v) is 9.59. The Bertz CT molecular complexity index is 452. The van der Waals surface area contributed by atoms with Gasteiger partial charge in [0.05, 0.1) is 6.26 Å². The maximum absolute atomic E-state index is 11.0. The van der Waals surface area contributed by atoms with Crippen molar-refractivity contribution in [2.75, 3.05) is 39.5 Å². The van der Waals surface area contributed by atoms with Crippen LogP contribution in [0, 0.1) is 5.41 Å². The molecule has 1 heterocycles. The molecule has 6 nitrogen and oxygen atoms in total. The number of hydrogen-bond donors (Lipinski definition) is 2. The Morgan fingerprint density at radius 3 is 2.59 bits per heavy atom. The van der Waals surface area contributed by atoms with E-state index in [1.807, 2.05) is 0 Å². The van der Waals surface area contributed by atoms with Gasteiger partial charge in [0.15, 0.2) is 5.96 Å². The smallest absolute Gasteiger partial charge is 0.208 e. The highest BCUT2D eigenvalue weighted by atomic mass is 127. The Hall–Kier alpha value is -0.0900. The number of hydrogen-bond acceptors (Lipinski definition) is 3. The molecule has 1 aliphatic rings. The lowest BCUT2D eigenvalue weighted by molar-refractivity contribution is 0.143. The largest absolute Gasteiger partial charge is 0.355 e. The summed E-state index contributed by atoms with van der Waals surface area (Å²) in [4.78, 5) is 6.62. The number of guanidine groups is 1. The molecule has 1 atom stereocenters. The quantitative estimate of drug-likeness (QED) is 0.282. The molecule has 0 aromatic carbocycles. The van der Waals surface area contributed by atoms with Gasteiger partial charge in [-0.2, -0.15) is 0 Å². The van der Waals surface area contributed by atoms with Crippen LogP contribution in [0.2, 0.25) is 0 Å². The molecule has 8 heteroatoms. The first kappa shape index (κ1) is 21.9. The highest BCUT2D eigenvalue weighted by Crippen LogP contribution is 2.33. The van der Waals surface area contributed by atoms with Gasteiger partial charge in [-0.15, -0.1) is 24.0 Å². The van der Waals surface area contributed by atoms with Crippen molar-refractivity contribution in [1.29, 1.82) is 0 Å². The van der Waals surface area contributed by atoms with Gasteiger partial charge in [-0.1, -0.05) is 20.3 Å². The fourth-order valence-electron chi connectivity index (χ4n) is 3.05. The second kappa shape index (κ2) is 9.92. The normalized spacial score (nSPS) is 23.1. The molecule has 0 bridgehead atoms. The van der Waals surface area contributed by atoms with Gasteiger partial charge in [0.25, 0.3) is 0 Å². The van der Waals surface area contributed by atoms with Crippen LogP contribution in [0.1, 0.15) is 39.5 Å². The van der Waals surface area contributed by atoms with Gasteiger partial charge in [-0.3, -0.25) is 4.99 Å². The molecule has 0 aromatic heterocycles. The van der Waals surface area contributed by atoms with Crippen LogP contribution < -0.4 is 10.0 Å². The van der Waals surface area contributed by atoms with Crippen molar-refractivity contribution in [2.45, 2.75) is 39.5 Å². The molecular formula is C14H31IN4O2S. The topological polar surface area (TPSA) is 73.8 Å². The van der Waals surface area contributed by atoms with Crippen LogP contribution in [0.3, 0.4) is 0 Å². The zero-order valence-electron chi connectivity index (χ0n) is 14.2. The van der Waals surface area contributed by atoms with Gasteiger partial charge in [0.1, 0.15) is 0 Å². The Morgan fingerprint density at radius 2 is 2.05 bits per heavy atom. The predicted molar refractivity (Wildman–Crippen MR) is 103 cm³/mol. The number of halogens is 1. The molecule has 0 aromatic rings. The summed E-state index contributed by atoms with van der Waals surface area (Å²) in [6.07, 6.45) is 6.05. The monoisotopic (exact) mass is 446 g/mol. The van der Waals surface area contributed by atoms with E-state index in [-0.39, 0.29) is 24.0 Å². The van der Waals surface area contributed by atoms with Gasteiger partial charge in [-0.25, -0.2) is 13.1 Å². The van der Waals surface area contributed by atoms with Crippen molar-refractivity contribution in [2.24, 2.45) is 10.4 Å². The van der Waals surface area contributed by atoms with Crippen LogP contribution in [0.5, 0.6) is 0 Å². The molecular weight excluding hydrogens is 415 g/mol. The summed E-state index contributed by atoms with van der Waals surface area (Å²) in [5, 5.41) is 3.24. The molecule has 1 unspecified atom stereocenters. The third-order valence-corrected chi connectivity index (χ3v) is 4.65. The van der Waals surface area contributed by atoms with Gasteiger partial charge >= 0.3 is 0 Å². The van der Waals surface area contributed by atoms with Crippen molar-refractivity contribution < 1.29 is 8.42 Å². The van der Waals surface area contributed by atoms with Crippen molar-refractivity contribution in [3.63, 3.8) is 0 Å². The summed E-state index contributed by atoms with van der Waals surface area (Å²) < 4.78 is 24.5. The third-order valence-electron chi connectivity index (χ3n) is 3.92. The van der Waals surface area contributed by atoms with Crippen LogP contribution in [-0.4, -0.2) is 58.8 Å². The minimum Gasteiger partial charge on any atom is -0.355 e. The van der Waals surface area contributed by atoms with Crippen molar-refractivity contribution in [3.05, 3.63) is 0 Å². The van der Waals surface area contributed by atoms with Gasteiger partial charge in [-0.05, 0) is 24.7 Å². The Balaban J connectivity index is 0.00000441. The minimum absolute atomic E-state index is 0. The maximum Gasteiger partial charge on any atom is 0.208 e. The van der Waals surface area contributed by atoms with Crippen molar-refractivity contribution in [1.82, 2.24) is 14.9 Å². The van der Waals surface area contributed by atoms with Gasteiger partial charge < -0.3 is 10.2 Å². The van der Waals surface area contributed by atoms with Crippen LogP contribution >= 0.6 is 24.0 Å². The van der Waals surface area contributed by atoms with Crippen LogP contribution in [-0.2, 0) is 10.0 Å². The molecule has 0 spiro atoms. The first-order valence-electron chi connectivity index (χ1n) is 7.70. The molecule has 22 heavy (non-hydrogen) atoms. The molecule has 0 radical (unpaired) electrons. The molecule has 1 saturated heterocycles. The third kappa shape index (κ3) is 7.96. The number of likely N-dealkylation sites (tertiary alicyclic amines) is 1. The lowest BCUT2D eigenvalue weighted by Crippen LogP contribution is -2.50. The SMILES string of the molecule is CCCC1(C)CCCN(C(=NC)NCCNS(C)(=O)=O)C1.I. The summed E-state index contributed by atoms with van der Waals surface area (Å²) in [5.41, 5.74) is 0.357. The molecule has 0 saturated carbocycles. The van der Waals surface area contributed by atoms with Crippen LogP contribution in [0.15, 0.2) is 4.99 Å². The predicted octanol–water partition coefficient (Wildman–Crippen LogP) is 1.63. The Morgan fingerprint density at radius 1 is 1.36 bits per heavy atom. The molecule has 132 valence electrons. The highest BCUT2D eigenvalue weighted by molar-refractivity contribution is 14.0. The van der Waals surface area contributed by atoms with Gasteiger partial charge in [0.2, 0.25) is 10.0 Å². The molecule has 1 fully saturated rings. The maximum atomic E-state index is 11.0. The van der Waals surface area contributed by atoms with E-state index < -0.39 is 10.0 Å². The zero-order valence-corrected chi connectivity index (χ0v) is 17.3. The molecule has 2 N–H and O–H groups in total. The molecule has 0 amide bonds. The van der Waals surface area contributed by atoms with E-state index in [9.17, 15) is 8.42 Å². The van der Waals surface area contributed by atoms with E-state index >= 15 is 0 Å². The molecule has 0 aliphatic carbocycles. The van der Waals surface area contributed by atoms with Crippen LogP contribution in [0.4, 0.5) is 0 Å².